The molecule has 1 saturated carbocycles. The molecule has 1 aliphatic heterocycles. The van der Waals surface area contributed by atoms with E-state index >= 15 is 0 Å². The Balaban J connectivity index is 1.82. The number of hydrogen-bond donors (Lipinski definition) is 0. The van der Waals surface area contributed by atoms with E-state index in [0.717, 1.165) is 24.9 Å². The van der Waals surface area contributed by atoms with Gasteiger partial charge in [-0.25, -0.2) is 0 Å². The third kappa shape index (κ3) is 2.76. The molecule has 1 saturated heterocycles. The van der Waals surface area contributed by atoms with Gasteiger partial charge >= 0.3 is 0 Å². The highest BCUT2D eigenvalue weighted by Crippen LogP contribution is 2.35. The SMILES string of the molecule is CCOCC(=O)N1CCC2CCCCC2C1. The van der Waals surface area contributed by atoms with Crippen molar-refractivity contribution in [3.8, 4) is 0 Å². The lowest BCUT2D eigenvalue weighted by Crippen LogP contribution is -2.46. The highest BCUT2D eigenvalue weighted by molar-refractivity contribution is 5.77. The van der Waals surface area contributed by atoms with E-state index in [-0.39, 0.29) is 12.5 Å². The Bertz CT molecular complexity index is 242. The third-order valence-corrected chi connectivity index (χ3v) is 4.07. The van der Waals surface area contributed by atoms with Crippen LogP contribution in [0.25, 0.3) is 0 Å². The zero-order chi connectivity index (χ0) is 11.4. The Hall–Kier alpha value is -0.570. The van der Waals surface area contributed by atoms with Crippen molar-refractivity contribution < 1.29 is 9.53 Å². The molecule has 0 spiro atoms. The monoisotopic (exact) mass is 225 g/mol. The maximum atomic E-state index is 11.8. The van der Waals surface area contributed by atoms with Gasteiger partial charge in [-0.05, 0) is 31.6 Å². The Kier molecular flexibility index (Phi) is 4.22. The van der Waals surface area contributed by atoms with Crippen LogP contribution in [0.4, 0.5) is 0 Å². The minimum absolute atomic E-state index is 0.186. The summed E-state index contributed by atoms with van der Waals surface area (Å²) in [6.07, 6.45) is 6.67. The van der Waals surface area contributed by atoms with E-state index in [1.807, 2.05) is 11.8 Å². The second-order valence-corrected chi connectivity index (χ2v) is 5.07. The highest BCUT2D eigenvalue weighted by atomic mass is 16.5. The number of fused-ring (bicyclic) bond motifs is 1. The van der Waals surface area contributed by atoms with Gasteiger partial charge in [0.05, 0.1) is 0 Å². The van der Waals surface area contributed by atoms with Crippen molar-refractivity contribution >= 4 is 5.91 Å². The molecule has 1 heterocycles. The molecule has 0 aromatic carbocycles. The summed E-state index contributed by atoms with van der Waals surface area (Å²) < 4.78 is 5.19. The van der Waals surface area contributed by atoms with Crippen LogP contribution in [-0.4, -0.2) is 37.1 Å². The number of carbonyl (C=O) groups excluding carboxylic acids is 1. The van der Waals surface area contributed by atoms with Crippen LogP contribution in [0.5, 0.6) is 0 Å². The van der Waals surface area contributed by atoms with Crippen molar-refractivity contribution in [2.75, 3.05) is 26.3 Å². The summed E-state index contributed by atoms with van der Waals surface area (Å²) in [6, 6.07) is 0. The number of piperidine rings is 1. The maximum Gasteiger partial charge on any atom is 0.248 e. The van der Waals surface area contributed by atoms with Crippen LogP contribution in [0.2, 0.25) is 0 Å². The van der Waals surface area contributed by atoms with E-state index in [1.54, 1.807) is 0 Å². The Morgan fingerprint density at radius 2 is 2.00 bits per heavy atom. The molecule has 1 amide bonds. The van der Waals surface area contributed by atoms with Crippen LogP contribution in [0.1, 0.15) is 39.0 Å². The molecule has 1 aliphatic carbocycles. The zero-order valence-electron chi connectivity index (χ0n) is 10.3. The number of ether oxygens (including phenoxy) is 1. The fraction of sp³-hybridized carbons (Fsp3) is 0.923. The molecule has 0 radical (unpaired) electrons. The molecule has 2 fully saturated rings. The zero-order valence-corrected chi connectivity index (χ0v) is 10.3. The largest absolute Gasteiger partial charge is 0.372 e. The summed E-state index contributed by atoms with van der Waals surface area (Å²) in [5, 5.41) is 0. The first-order valence-corrected chi connectivity index (χ1v) is 6.66. The summed E-state index contributed by atoms with van der Waals surface area (Å²) in [5.74, 6) is 1.85. The van der Waals surface area contributed by atoms with Crippen LogP contribution in [0.3, 0.4) is 0 Å². The second kappa shape index (κ2) is 5.67. The van der Waals surface area contributed by atoms with Gasteiger partial charge in [-0.15, -0.1) is 0 Å². The molecule has 3 nitrogen and oxygen atoms in total. The van der Waals surface area contributed by atoms with Crippen LogP contribution < -0.4 is 0 Å². The first kappa shape index (κ1) is 11.9. The molecule has 0 bridgehead atoms. The van der Waals surface area contributed by atoms with Crippen molar-refractivity contribution in [2.24, 2.45) is 11.8 Å². The van der Waals surface area contributed by atoms with E-state index < -0.39 is 0 Å². The van der Waals surface area contributed by atoms with Crippen LogP contribution in [-0.2, 0) is 9.53 Å². The van der Waals surface area contributed by atoms with Gasteiger partial charge in [0.2, 0.25) is 5.91 Å². The Morgan fingerprint density at radius 3 is 2.75 bits per heavy atom. The van der Waals surface area contributed by atoms with Gasteiger partial charge in [0, 0.05) is 19.7 Å². The lowest BCUT2D eigenvalue weighted by atomic mass is 9.75. The van der Waals surface area contributed by atoms with Crippen LogP contribution in [0.15, 0.2) is 0 Å². The fourth-order valence-corrected chi connectivity index (χ4v) is 3.11. The molecule has 0 N–H and O–H groups in total. The fourth-order valence-electron chi connectivity index (χ4n) is 3.11. The van der Waals surface area contributed by atoms with Crippen molar-refractivity contribution in [1.29, 1.82) is 0 Å². The number of nitrogens with zero attached hydrogens (tertiary/aromatic N) is 1. The Labute approximate surface area is 98.1 Å². The first-order valence-electron chi connectivity index (χ1n) is 6.66. The lowest BCUT2D eigenvalue weighted by Gasteiger charge is -2.41. The lowest BCUT2D eigenvalue weighted by molar-refractivity contribution is -0.139. The van der Waals surface area contributed by atoms with E-state index in [4.69, 9.17) is 4.74 Å². The molecule has 3 heteroatoms. The Morgan fingerprint density at radius 1 is 1.25 bits per heavy atom. The maximum absolute atomic E-state index is 11.8. The molecule has 2 atom stereocenters. The molecule has 2 rings (SSSR count). The van der Waals surface area contributed by atoms with E-state index in [2.05, 4.69) is 0 Å². The normalized spacial score (nSPS) is 29.9. The molecule has 16 heavy (non-hydrogen) atoms. The molecular weight excluding hydrogens is 202 g/mol. The van der Waals surface area contributed by atoms with Crippen LogP contribution in [0, 0.1) is 11.8 Å². The van der Waals surface area contributed by atoms with Gasteiger partial charge in [-0.1, -0.05) is 19.3 Å². The van der Waals surface area contributed by atoms with E-state index in [9.17, 15) is 4.79 Å². The average molecular weight is 225 g/mol. The van der Waals surface area contributed by atoms with Crippen molar-refractivity contribution in [2.45, 2.75) is 39.0 Å². The number of amides is 1. The average Bonchev–Trinajstić information content (AvgIpc) is 2.35. The summed E-state index contributed by atoms with van der Waals surface area (Å²) in [7, 11) is 0. The number of carbonyl (C=O) groups is 1. The summed E-state index contributed by atoms with van der Waals surface area (Å²) >= 11 is 0. The second-order valence-electron chi connectivity index (χ2n) is 5.07. The predicted octanol–water partition coefficient (Wildman–Crippen LogP) is 2.06. The van der Waals surface area contributed by atoms with Gasteiger partial charge in [0.15, 0.2) is 0 Å². The molecule has 92 valence electrons. The molecule has 0 aromatic rings. The van der Waals surface area contributed by atoms with E-state index in [0.29, 0.717) is 6.61 Å². The van der Waals surface area contributed by atoms with Gasteiger partial charge in [0.25, 0.3) is 0 Å². The van der Waals surface area contributed by atoms with Crippen LogP contribution >= 0.6 is 0 Å². The van der Waals surface area contributed by atoms with Crippen molar-refractivity contribution in [1.82, 2.24) is 4.90 Å². The van der Waals surface area contributed by atoms with Gasteiger partial charge < -0.3 is 9.64 Å². The first-order chi connectivity index (χ1) is 7.81. The number of likely N-dealkylation sites (tertiary alicyclic amines) is 1. The van der Waals surface area contributed by atoms with Crippen molar-refractivity contribution in [3.63, 3.8) is 0 Å². The number of hydrogen-bond acceptors (Lipinski definition) is 2. The van der Waals surface area contributed by atoms with Gasteiger partial charge in [-0.3, -0.25) is 4.79 Å². The topological polar surface area (TPSA) is 29.5 Å². The van der Waals surface area contributed by atoms with Gasteiger partial charge in [-0.2, -0.15) is 0 Å². The van der Waals surface area contributed by atoms with Gasteiger partial charge in [0.1, 0.15) is 6.61 Å². The molecular formula is C13H23NO2. The highest BCUT2D eigenvalue weighted by Gasteiger charge is 2.32. The molecule has 2 aliphatic rings. The smallest absolute Gasteiger partial charge is 0.248 e. The minimum Gasteiger partial charge on any atom is -0.372 e. The summed E-state index contributed by atoms with van der Waals surface area (Å²) in [6.45, 7) is 4.77. The third-order valence-electron chi connectivity index (χ3n) is 4.07. The molecule has 2 unspecified atom stereocenters. The predicted molar refractivity (Wildman–Crippen MR) is 63.1 cm³/mol. The quantitative estimate of drug-likeness (QED) is 0.736. The number of rotatable bonds is 3. The minimum atomic E-state index is 0.186. The van der Waals surface area contributed by atoms with E-state index in [1.165, 1.54) is 32.1 Å². The standard InChI is InChI=1S/C13H23NO2/c1-2-16-10-13(15)14-8-7-11-5-3-4-6-12(11)9-14/h11-12H,2-10H2,1H3. The summed E-state index contributed by atoms with van der Waals surface area (Å²) in [5.41, 5.74) is 0. The summed E-state index contributed by atoms with van der Waals surface area (Å²) in [4.78, 5) is 13.8. The van der Waals surface area contributed by atoms with Crippen molar-refractivity contribution in [3.05, 3.63) is 0 Å². The molecule has 0 aromatic heterocycles.